The Hall–Kier alpha value is -0.130. The molecule has 0 spiro atoms. The molecule has 2 saturated carbocycles. The molecule has 0 aromatic rings. The minimum Gasteiger partial charge on any atom is -0.328 e. The predicted molar refractivity (Wildman–Crippen MR) is 59.9 cm³/mol. The summed E-state index contributed by atoms with van der Waals surface area (Å²) in [5.41, 5.74) is 5.78. The van der Waals surface area contributed by atoms with Crippen LogP contribution in [0.5, 0.6) is 0 Å². The van der Waals surface area contributed by atoms with Crippen molar-refractivity contribution in [1.82, 2.24) is 4.72 Å². The van der Waals surface area contributed by atoms with Crippen molar-refractivity contribution in [2.45, 2.75) is 62.3 Å². The molecular formula is C10H20N2O2S. The summed E-state index contributed by atoms with van der Waals surface area (Å²) in [4.78, 5) is 0. The molecule has 0 heterocycles. The Morgan fingerprint density at radius 2 is 1.60 bits per heavy atom. The monoisotopic (exact) mass is 232 g/mol. The SMILES string of the molecule is NC1CCC(NS(=O)(=O)C2CCC2)CC1. The van der Waals surface area contributed by atoms with Crippen LogP contribution in [-0.4, -0.2) is 25.8 Å². The maximum absolute atomic E-state index is 11.8. The summed E-state index contributed by atoms with van der Waals surface area (Å²) in [7, 11) is -3.03. The summed E-state index contributed by atoms with van der Waals surface area (Å²) in [6, 6.07) is 0.407. The number of sulfonamides is 1. The number of nitrogens with one attached hydrogen (secondary N) is 1. The topological polar surface area (TPSA) is 72.2 Å². The van der Waals surface area contributed by atoms with Crippen LogP contribution in [0.25, 0.3) is 0 Å². The van der Waals surface area contributed by atoms with E-state index in [4.69, 9.17) is 5.73 Å². The van der Waals surface area contributed by atoms with Crippen LogP contribution in [0.2, 0.25) is 0 Å². The van der Waals surface area contributed by atoms with Crippen molar-refractivity contribution in [3.8, 4) is 0 Å². The second kappa shape index (κ2) is 4.39. The first-order valence-electron chi connectivity index (χ1n) is 5.84. The number of rotatable bonds is 3. The third-order valence-corrected chi connectivity index (χ3v) is 5.60. The fourth-order valence-corrected chi connectivity index (χ4v) is 4.09. The Labute approximate surface area is 91.7 Å². The van der Waals surface area contributed by atoms with Crippen molar-refractivity contribution in [3.63, 3.8) is 0 Å². The summed E-state index contributed by atoms with van der Waals surface area (Å²) in [6.07, 6.45) is 6.40. The number of hydrogen-bond acceptors (Lipinski definition) is 3. The lowest BCUT2D eigenvalue weighted by Crippen LogP contribution is -2.46. The minimum absolute atomic E-state index is 0.118. The van der Waals surface area contributed by atoms with E-state index in [9.17, 15) is 8.42 Å². The number of hydrogen-bond donors (Lipinski definition) is 2. The predicted octanol–water partition coefficient (Wildman–Crippen LogP) is 0.728. The van der Waals surface area contributed by atoms with Crippen LogP contribution >= 0.6 is 0 Å². The minimum atomic E-state index is -3.03. The molecule has 0 bridgehead atoms. The smallest absolute Gasteiger partial charge is 0.214 e. The van der Waals surface area contributed by atoms with Crippen LogP contribution in [-0.2, 0) is 10.0 Å². The van der Waals surface area contributed by atoms with E-state index in [0.717, 1.165) is 44.9 Å². The highest BCUT2D eigenvalue weighted by Crippen LogP contribution is 2.27. The van der Waals surface area contributed by atoms with Gasteiger partial charge in [-0.1, -0.05) is 6.42 Å². The first-order chi connectivity index (χ1) is 7.08. The normalized spacial score (nSPS) is 33.7. The Balaban J connectivity index is 1.85. The fraction of sp³-hybridized carbons (Fsp3) is 1.00. The summed E-state index contributed by atoms with van der Waals surface area (Å²) in [5.74, 6) is 0. The molecule has 4 nitrogen and oxygen atoms in total. The van der Waals surface area contributed by atoms with Crippen LogP contribution in [0.3, 0.4) is 0 Å². The molecule has 3 N–H and O–H groups in total. The lowest BCUT2D eigenvalue weighted by atomic mass is 9.93. The van der Waals surface area contributed by atoms with Crippen LogP contribution in [0.1, 0.15) is 44.9 Å². The van der Waals surface area contributed by atoms with Gasteiger partial charge in [-0.25, -0.2) is 13.1 Å². The first-order valence-corrected chi connectivity index (χ1v) is 7.39. The van der Waals surface area contributed by atoms with Crippen molar-refractivity contribution in [3.05, 3.63) is 0 Å². The molecule has 0 saturated heterocycles. The Bertz CT molecular complexity index is 303. The van der Waals surface area contributed by atoms with Gasteiger partial charge in [0, 0.05) is 12.1 Å². The van der Waals surface area contributed by atoms with E-state index in [1.54, 1.807) is 0 Å². The van der Waals surface area contributed by atoms with Gasteiger partial charge < -0.3 is 5.73 Å². The summed E-state index contributed by atoms with van der Waals surface area (Å²) in [6.45, 7) is 0. The molecule has 5 heteroatoms. The van der Waals surface area contributed by atoms with E-state index in [2.05, 4.69) is 4.72 Å². The highest BCUT2D eigenvalue weighted by Gasteiger charge is 2.33. The Morgan fingerprint density at radius 1 is 1.00 bits per heavy atom. The van der Waals surface area contributed by atoms with Gasteiger partial charge >= 0.3 is 0 Å². The van der Waals surface area contributed by atoms with Gasteiger partial charge in [-0.3, -0.25) is 0 Å². The molecule has 2 aliphatic carbocycles. The second-order valence-electron chi connectivity index (χ2n) is 4.83. The third-order valence-electron chi connectivity index (χ3n) is 3.59. The van der Waals surface area contributed by atoms with Crippen LogP contribution < -0.4 is 10.5 Å². The summed E-state index contributed by atoms with van der Waals surface area (Å²) in [5, 5.41) is -0.118. The molecule has 88 valence electrons. The molecule has 0 amide bonds. The molecule has 2 rings (SSSR count). The molecule has 0 atom stereocenters. The van der Waals surface area contributed by atoms with Gasteiger partial charge in [-0.15, -0.1) is 0 Å². The van der Waals surface area contributed by atoms with Crippen LogP contribution in [0, 0.1) is 0 Å². The maximum atomic E-state index is 11.8. The quantitative estimate of drug-likeness (QED) is 0.753. The van der Waals surface area contributed by atoms with Crippen molar-refractivity contribution < 1.29 is 8.42 Å². The zero-order chi connectivity index (χ0) is 10.9. The van der Waals surface area contributed by atoms with E-state index in [-0.39, 0.29) is 17.3 Å². The molecule has 15 heavy (non-hydrogen) atoms. The van der Waals surface area contributed by atoms with Gasteiger partial charge in [0.1, 0.15) is 0 Å². The standard InChI is InChI=1S/C10H20N2O2S/c11-8-4-6-9(7-5-8)12-15(13,14)10-2-1-3-10/h8-10,12H,1-7,11H2. The third kappa shape index (κ3) is 2.71. The maximum Gasteiger partial charge on any atom is 0.214 e. The van der Waals surface area contributed by atoms with Gasteiger partial charge in [0.25, 0.3) is 0 Å². The molecule has 0 radical (unpaired) electrons. The fourth-order valence-electron chi connectivity index (χ4n) is 2.25. The largest absolute Gasteiger partial charge is 0.328 e. The van der Waals surface area contributed by atoms with Gasteiger partial charge in [0.05, 0.1) is 5.25 Å². The average molecular weight is 232 g/mol. The second-order valence-corrected chi connectivity index (χ2v) is 6.82. The van der Waals surface area contributed by atoms with E-state index in [1.165, 1.54) is 0 Å². The van der Waals surface area contributed by atoms with E-state index >= 15 is 0 Å². The van der Waals surface area contributed by atoms with E-state index < -0.39 is 10.0 Å². The van der Waals surface area contributed by atoms with Gasteiger partial charge in [0.15, 0.2) is 0 Å². The first kappa shape index (κ1) is 11.4. The molecule has 0 aromatic heterocycles. The van der Waals surface area contributed by atoms with E-state index in [1.807, 2.05) is 0 Å². The van der Waals surface area contributed by atoms with Gasteiger partial charge in [-0.05, 0) is 38.5 Å². The van der Waals surface area contributed by atoms with E-state index in [0.29, 0.717) is 0 Å². The molecule has 2 aliphatic rings. The highest BCUT2D eigenvalue weighted by atomic mass is 32.2. The van der Waals surface area contributed by atoms with Crippen LogP contribution in [0.15, 0.2) is 0 Å². The van der Waals surface area contributed by atoms with Crippen molar-refractivity contribution in [2.75, 3.05) is 0 Å². The highest BCUT2D eigenvalue weighted by molar-refractivity contribution is 7.90. The molecule has 0 aliphatic heterocycles. The molecule has 2 fully saturated rings. The van der Waals surface area contributed by atoms with Crippen molar-refractivity contribution in [1.29, 1.82) is 0 Å². The van der Waals surface area contributed by atoms with Crippen LogP contribution in [0.4, 0.5) is 0 Å². The summed E-state index contributed by atoms with van der Waals surface area (Å²) < 4.78 is 26.5. The van der Waals surface area contributed by atoms with Crippen molar-refractivity contribution in [2.24, 2.45) is 5.73 Å². The number of nitrogens with two attached hydrogens (primary N) is 1. The summed E-state index contributed by atoms with van der Waals surface area (Å²) >= 11 is 0. The average Bonchev–Trinajstić information content (AvgIpc) is 2.04. The molecule has 0 aromatic carbocycles. The molecule has 0 unspecified atom stereocenters. The zero-order valence-electron chi connectivity index (χ0n) is 8.98. The van der Waals surface area contributed by atoms with Crippen molar-refractivity contribution >= 4 is 10.0 Å². The lowest BCUT2D eigenvalue weighted by Gasteiger charge is -2.31. The Morgan fingerprint density at radius 3 is 2.07 bits per heavy atom. The van der Waals surface area contributed by atoms with Gasteiger partial charge in [0.2, 0.25) is 10.0 Å². The zero-order valence-corrected chi connectivity index (χ0v) is 9.80. The Kier molecular flexibility index (Phi) is 3.33. The lowest BCUT2D eigenvalue weighted by molar-refractivity contribution is 0.368. The molecular weight excluding hydrogens is 212 g/mol. The van der Waals surface area contributed by atoms with Gasteiger partial charge in [-0.2, -0.15) is 0 Å².